The topological polar surface area (TPSA) is 152 Å². The Labute approximate surface area is 141 Å². The van der Waals surface area contributed by atoms with Crippen molar-refractivity contribution in [3.05, 3.63) is 69.3 Å². The Bertz CT molecular complexity index is 981. The Kier molecular flexibility index (Phi) is 4.84. The number of carboxylic acid groups (broad SMARTS) is 2. The molecule has 2 aromatic rings. The molecule has 0 heterocycles. The van der Waals surface area contributed by atoms with E-state index in [1.807, 2.05) is 0 Å². The normalized spacial score (nSPS) is 11.0. The quantitative estimate of drug-likeness (QED) is 0.582. The second-order valence-electron chi connectivity index (χ2n) is 4.97. The molecule has 2 rings (SSSR count). The van der Waals surface area contributed by atoms with Gasteiger partial charge in [0.2, 0.25) is 0 Å². The van der Waals surface area contributed by atoms with Crippen LogP contribution < -0.4 is 0 Å². The second-order valence-corrected chi connectivity index (χ2v) is 6.92. The Morgan fingerprint density at radius 2 is 1.68 bits per heavy atom. The van der Waals surface area contributed by atoms with Crippen molar-refractivity contribution in [3.63, 3.8) is 0 Å². The van der Waals surface area contributed by atoms with E-state index < -0.39 is 48.6 Å². The lowest BCUT2D eigenvalue weighted by Crippen LogP contribution is -2.12. The molecular formula is C15H11NO8S. The average Bonchev–Trinajstić information content (AvgIpc) is 2.54. The Hall–Kier alpha value is -3.27. The molecule has 130 valence electrons. The van der Waals surface area contributed by atoms with Crippen LogP contribution in [0.3, 0.4) is 0 Å². The third-order valence-corrected chi connectivity index (χ3v) is 5.04. The van der Waals surface area contributed by atoms with Gasteiger partial charge in [-0.25, -0.2) is 18.0 Å². The van der Waals surface area contributed by atoms with E-state index >= 15 is 0 Å². The van der Waals surface area contributed by atoms with Crippen molar-refractivity contribution in [2.45, 2.75) is 10.6 Å². The number of benzene rings is 2. The van der Waals surface area contributed by atoms with Gasteiger partial charge in [0.25, 0.3) is 5.69 Å². The van der Waals surface area contributed by atoms with E-state index in [0.29, 0.717) is 0 Å². The second kappa shape index (κ2) is 6.69. The highest BCUT2D eigenvalue weighted by molar-refractivity contribution is 7.90. The zero-order valence-corrected chi connectivity index (χ0v) is 13.3. The highest BCUT2D eigenvalue weighted by Gasteiger charge is 2.26. The van der Waals surface area contributed by atoms with Crippen LogP contribution in [0.4, 0.5) is 5.69 Å². The monoisotopic (exact) mass is 365 g/mol. The van der Waals surface area contributed by atoms with Crippen LogP contribution in [0.2, 0.25) is 0 Å². The molecule has 25 heavy (non-hydrogen) atoms. The van der Waals surface area contributed by atoms with E-state index in [-0.39, 0.29) is 11.1 Å². The van der Waals surface area contributed by atoms with Gasteiger partial charge in [-0.1, -0.05) is 18.2 Å². The van der Waals surface area contributed by atoms with Crippen molar-refractivity contribution in [2.75, 3.05) is 0 Å². The molecule has 0 aliphatic heterocycles. The number of sulfone groups is 1. The molecule has 0 aromatic heterocycles. The van der Waals surface area contributed by atoms with Crippen LogP contribution in [0.25, 0.3) is 0 Å². The van der Waals surface area contributed by atoms with Crippen molar-refractivity contribution < 1.29 is 33.1 Å². The van der Waals surface area contributed by atoms with Gasteiger partial charge in [0.15, 0.2) is 9.84 Å². The minimum Gasteiger partial charge on any atom is -0.478 e. The summed E-state index contributed by atoms with van der Waals surface area (Å²) < 4.78 is 25.0. The summed E-state index contributed by atoms with van der Waals surface area (Å²) in [6.07, 6.45) is 0. The zero-order chi connectivity index (χ0) is 18.8. The minimum absolute atomic E-state index is 0.241. The van der Waals surface area contributed by atoms with Crippen LogP contribution in [0.15, 0.2) is 47.4 Å². The third kappa shape index (κ3) is 3.80. The predicted octanol–water partition coefficient (Wildman–Crippen LogP) is 1.97. The molecule has 0 saturated heterocycles. The van der Waals surface area contributed by atoms with Gasteiger partial charge in [0, 0.05) is 11.6 Å². The van der Waals surface area contributed by atoms with Crippen LogP contribution in [0.1, 0.15) is 26.3 Å². The largest absolute Gasteiger partial charge is 0.478 e. The predicted molar refractivity (Wildman–Crippen MR) is 84.3 cm³/mol. The van der Waals surface area contributed by atoms with E-state index in [4.69, 9.17) is 10.2 Å². The lowest BCUT2D eigenvalue weighted by atomic mass is 10.1. The molecule has 0 radical (unpaired) electrons. The summed E-state index contributed by atoms with van der Waals surface area (Å²) >= 11 is 0. The summed E-state index contributed by atoms with van der Waals surface area (Å²) in [6.45, 7) is 0. The van der Waals surface area contributed by atoms with Crippen molar-refractivity contribution in [3.8, 4) is 0 Å². The minimum atomic E-state index is -4.21. The first kappa shape index (κ1) is 18.1. The smallest absolute Gasteiger partial charge is 0.337 e. The highest BCUT2D eigenvalue weighted by atomic mass is 32.2. The first-order valence-corrected chi connectivity index (χ1v) is 8.34. The summed E-state index contributed by atoms with van der Waals surface area (Å²) in [5.74, 6) is -3.68. The van der Waals surface area contributed by atoms with E-state index in [1.54, 1.807) is 0 Å². The van der Waals surface area contributed by atoms with Crippen molar-refractivity contribution in [1.82, 2.24) is 0 Å². The molecule has 0 aliphatic carbocycles. The number of nitrogens with zero attached hydrogens (tertiary/aromatic N) is 1. The fraction of sp³-hybridized carbons (Fsp3) is 0.0667. The van der Waals surface area contributed by atoms with Crippen molar-refractivity contribution in [1.29, 1.82) is 0 Å². The first-order valence-electron chi connectivity index (χ1n) is 6.69. The van der Waals surface area contributed by atoms with Gasteiger partial charge in [-0.2, -0.15) is 0 Å². The number of carbonyl (C=O) groups is 2. The lowest BCUT2D eigenvalue weighted by molar-refractivity contribution is -0.385. The van der Waals surface area contributed by atoms with Crippen LogP contribution in [-0.2, 0) is 15.6 Å². The summed E-state index contributed by atoms with van der Waals surface area (Å²) in [4.78, 5) is 31.8. The summed E-state index contributed by atoms with van der Waals surface area (Å²) in [5, 5.41) is 29.1. The van der Waals surface area contributed by atoms with E-state index in [2.05, 4.69) is 0 Å². The number of nitro benzene ring substituents is 1. The molecule has 9 nitrogen and oxygen atoms in total. The van der Waals surface area contributed by atoms with Gasteiger partial charge in [-0.05, 0) is 18.2 Å². The van der Waals surface area contributed by atoms with Crippen LogP contribution in [0.5, 0.6) is 0 Å². The van der Waals surface area contributed by atoms with E-state index in [1.165, 1.54) is 12.1 Å². The Morgan fingerprint density at radius 1 is 1.04 bits per heavy atom. The third-order valence-electron chi connectivity index (χ3n) is 3.33. The first-order chi connectivity index (χ1) is 11.6. The SMILES string of the molecule is O=C(O)c1ccc(CS(=O)(=O)c2ccccc2C(=O)O)c([N+](=O)[O-])c1. The maximum Gasteiger partial charge on any atom is 0.337 e. The number of rotatable bonds is 6. The summed E-state index contributed by atoms with van der Waals surface area (Å²) in [7, 11) is -4.21. The van der Waals surface area contributed by atoms with Crippen LogP contribution in [0, 0.1) is 10.1 Å². The van der Waals surface area contributed by atoms with Gasteiger partial charge >= 0.3 is 11.9 Å². The molecule has 0 atom stereocenters. The molecular weight excluding hydrogens is 354 g/mol. The molecule has 0 spiro atoms. The Morgan fingerprint density at radius 3 is 2.24 bits per heavy atom. The lowest BCUT2D eigenvalue weighted by Gasteiger charge is -2.08. The molecule has 0 aliphatic rings. The van der Waals surface area contributed by atoms with Crippen molar-refractivity contribution >= 4 is 27.5 Å². The zero-order valence-electron chi connectivity index (χ0n) is 12.4. The molecule has 0 fully saturated rings. The molecule has 10 heteroatoms. The Balaban J connectivity index is 2.54. The van der Waals surface area contributed by atoms with Crippen molar-refractivity contribution in [2.24, 2.45) is 0 Å². The number of hydrogen-bond acceptors (Lipinski definition) is 6. The molecule has 2 aromatic carbocycles. The van der Waals surface area contributed by atoms with Gasteiger partial charge in [-0.15, -0.1) is 0 Å². The molecule has 0 unspecified atom stereocenters. The average molecular weight is 365 g/mol. The number of nitro groups is 1. The molecule has 0 bridgehead atoms. The summed E-state index contributed by atoms with van der Waals surface area (Å²) in [5.41, 5.74) is -1.72. The molecule has 0 amide bonds. The fourth-order valence-corrected chi connectivity index (χ4v) is 3.77. The maximum absolute atomic E-state index is 12.5. The van der Waals surface area contributed by atoms with E-state index in [9.17, 15) is 28.1 Å². The van der Waals surface area contributed by atoms with E-state index in [0.717, 1.165) is 30.3 Å². The molecule has 2 N–H and O–H groups in total. The standard InChI is InChI=1S/C15H11NO8S/c17-14(18)9-5-6-10(12(7-9)16(21)22)8-25(23,24)13-4-2-1-3-11(13)15(19)20/h1-7H,8H2,(H,17,18)(H,19,20). The number of carboxylic acids is 2. The van der Waals surface area contributed by atoms with Gasteiger partial charge < -0.3 is 10.2 Å². The maximum atomic E-state index is 12.5. The van der Waals surface area contributed by atoms with Crippen LogP contribution >= 0.6 is 0 Å². The highest BCUT2D eigenvalue weighted by Crippen LogP contribution is 2.27. The number of aromatic carboxylic acids is 2. The van der Waals surface area contributed by atoms with Gasteiger partial charge in [0.05, 0.1) is 26.7 Å². The fourth-order valence-electron chi connectivity index (χ4n) is 2.19. The van der Waals surface area contributed by atoms with Gasteiger partial charge in [-0.3, -0.25) is 10.1 Å². The summed E-state index contributed by atoms with van der Waals surface area (Å²) in [6, 6.07) is 7.73. The van der Waals surface area contributed by atoms with Crippen LogP contribution in [-0.4, -0.2) is 35.5 Å². The number of hydrogen-bond donors (Lipinski definition) is 2. The van der Waals surface area contributed by atoms with Gasteiger partial charge in [0.1, 0.15) is 0 Å². The molecule has 0 saturated carbocycles.